The summed E-state index contributed by atoms with van der Waals surface area (Å²) in [5.74, 6) is 2.17. The number of furan rings is 1. The van der Waals surface area contributed by atoms with E-state index in [2.05, 4.69) is 12.2 Å². The molecule has 2 aromatic rings. The van der Waals surface area contributed by atoms with Gasteiger partial charge in [0.2, 0.25) is 0 Å². The molecule has 0 radical (unpaired) electrons. The van der Waals surface area contributed by atoms with Crippen LogP contribution >= 0.6 is 0 Å². The third-order valence-corrected chi connectivity index (χ3v) is 3.14. The molecule has 2 rings (SSSR count). The van der Waals surface area contributed by atoms with Crippen molar-refractivity contribution in [2.75, 3.05) is 5.32 Å². The van der Waals surface area contributed by atoms with Crippen molar-refractivity contribution in [3.63, 3.8) is 0 Å². The summed E-state index contributed by atoms with van der Waals surface area (Å²) in [5.41, 5.74) is 2.93. The SMILES string of the molecule is Cc1cc(C(C)Nc2ccc(C)c(O)c2)c(C)o1. The zero-order valence-electron chi connectivity index (χ0n) is 11.2. The minimum absolute atomic E-state index is 0.143. The lowest BCUT2D eigenvalue weighted by Gasteiger charge is -2.15. The molecular formula is C15H19NO2. The third-order valence-electron chi connectivity index (χ3n) is 3.14. The summed E-state index contributed by atoms with van der Waals surface area (Å²) in [6, 6.07) is 7.80. The fourth-order valence-electron chi connectivity index (χ4n) is 2.11. The van der Waals surface area contributed by atoms with Crippen LogP contribution in [0.3, 0.4) is 0 Å². The second-order valence-electron chi connectivity index (χ2n) is 4.74. The minimum Gasteiger partial charge on any atom is -0.508 e. The number of aromatic hydroxyl groups is 1. The highest BCUT2D eigenvalue weighted by Gasteiger charge is 2.12. The van der Waals surface area contributed by atoms with Gasteiger partial charge in [0.05, 0.1) is 6.04 Å². The highest BCUT2D eigenvalue weighted by atomic mass is 16.3. The van der Waals surface area contributed by atoms with Gasteiger partial charge in [-0.1, -0.05) is 6.07 Å². The highest BCUT2D eigenvalue weighted by molar-refractivity contribution is 5.52. The first-order chi connectivity index (χ1) is 8.47. The Hall–Kier alpha value is -1.90. The van der Waals surface area contributed by atoms with Gasteiger partial charge in [0.1, 0.15) is 17.3 Å². The van der Waals surface area contributed by atoms with Crippen molar-refractivity contribution in [3.05, 3.63) is 46.9 Å². The number of phenolic OH excluding ortho intramolecular Hbond substituents is 1. The number of rotatable bonds is 3. The van der Waals surface area contributed by atoms with Crippen molar-refractivity contribution in [2.45, 2.75) is 33.7 Å². The predicted octanol–water partition coefficient (Wildman–Crippen LogP) is 4.08. The average Bonchev–Trinajstić information content (AvgIpc) is 2.63. The summed E-state index contributed by atoms with van der Waals surface area (Å²) in [7, 11) is 0. The van der Waals surface area contributed by atoms with Gasteiger partial charge >= 0.3 is 0 Å². The van der Waals surface area contributed by atoms with Gasteiger partial charge in [-0.05, 0) is 45.4 Å². The number of benzene rings is 1. The van der Waals surface area contributed by atoms with E-state index in [-0.39, 0.29) is 6.04 Å². The van der Waals surface area contributed by atoms with E-state index < -0.39 is 0 Å². The molecule has 0 aliphatic rings. The standard InChI is InChI=1S/C15H19NO2/c1-9-5-6-13(8-15(9)17)16-11(3)14-7-10(2)18-12(14)4/h5-8,11,16-17H,1-4H3. The van der Waals surface area contributed by atoms with Crippen LogP contribution in [0.15, 0.2) is 28.7 Å². The van der Waals surface area contributed by atoms with Crippen molar-refractivity contribution in [1.82, 2.24) is 0 Å². The van der Waals surface area contributed by atoms with Crippen molar-refractivity contribution < 1.29 is 9.52 Å². The molecule has 3 nitrogen and oxygen atoms in total. The van der Waals surface area contributed by atoms with E-state index in [1.807, 2.05) is 39.0 Å². The lowest BCUT2D eigenvalue weighted by atomic mass is 10.1. The molecule has 18 heavy (non-hydrogen) atoms. The molecule has 0 aliphatic carbocycles. The Morgan fingerprint density at radius 1 is 1.17 bits per heavy atom. The van der Waals surface area contributed by atoms with Gasteiger partial charge in [-0.15, -0.1) is 0 Å². The topological polar surface area (TPSA) is 45.4 Å². The number of phenols is 1. The van der Waals surface area contributed by atoms with Crippen LogP contribution in [0.1, 0.15) is 35.6 Å². The number of hydrogen-bond donors (Lipinski definition) is 2. The molecule has 1 atom stereocenters. The minimum atomic E-state index is 0.143. The summed E-state index contributed by atoms with van der Waals surface area (Å²) in [6.07, 6.45) is 0. The number of hydrogen-bond acceptors (Lipinski definition) is 3. The van der Waals surface area contributed by atoms with Gasteiger partial charge in [0.25, 0.3) is 0 Å². The van der Waals surface area contributed by atoms with Crippen LogP contribution in [0.4, 0.5) is 5.69 Å². The Bertz CT molecular complexity index is 558. The van der Waals surface area contributed by atoms with Crippen LogP contribution in [-0.2, 0) is 0 Å². The zero-order chi connectivity index (χ0) is 13.3. The van der Waals surface area contributed by atoms with Gasteiger partial charge in [0.15, 0.2) is 0 Å². The molecule has 0 saturated heterocycles. The number of aryl methyl sites for hydroxylation is 3. The molecule has 2 N–H and O–H groups in total. The highest BCUT2D eigenvalue weighted by Crippen LogP contribution is 2.27. The Balaban J connectivity index is 2.18. The molecule has 0 amide bonds. The molecule has 1 aromatic carbocycles. The lowest BCUT2D eigenvalue weighted by molar-refractivity contribution is 0.471. The largest absolute Gasteiger partial charge is 0.508 e. The van der Waals surface area contributed by atoms with E-state index in [1.54, 1.807) is 6.07 Å². The van der Waals surface area contributed by atoms with Crippen molar-refractivity contribution >= 4 is 5.69 Å². The van der Waals surface area contributed by atoms with E-state index >= 15 is 0 Å². The van der Waals surface area contributed by atoms with E-state index in [9.17, 15) is 5.11 Å². The Kier molecular flexibility index (Phi) is 3.32. The van der Waals surface area contributed by atoms with Crippen LogP contribution in [0.5, 0.6) is 5.75 Å². The summed E-state index contributed by atoms with van der Waals surface area (Å²) in [5, 5.41) is 13.0. The molecule has 1 aromatic heterocycles. The molecule has 0 bridgehead atoms. The average molecular weight is 245 g/mol. The molecule has 3 heteroatoms. The van der Waals surface area contributed by atoms with Crippen molar-refractivity contribution in [1.29, 1.82) is 0 Å². The summed E-state index contributed by atoms with van der Waals surface area (Å²) >= 11 is 0. The molecule has 1 heterocycles. The smallest absolute Gasteiger partial charge is 0.120 e. The maximum absolute atomic E-state index is 9.68. The maximum Gasteiger partial charge on any atom is 0.120 e. The van der Waals surface area contributed by atoms with E-state index in [0.717, 1.165) is 28.3 Å². The Morgan fingerprint density at radius 2 is 1.89 bits per heavy atom. The Labute approximate surface area is 107 Å². The zero-order valence-corrected chi connectivity index (χ0v) is 11.2. The van der Waals surface area contributed by atoms with Crippen LogP contribution in [0, 0.1) is 20.8 Å². The van der Waals surface area contributed by atoms with E-state index in [4.69, 9.17) is 4.42 Å². The number of nitrogens with one attached hydrogen (secondary N) is 1. The van der Waals surface area contributed by atoms with Crippen LogP contribution < -0.4 is 5.32 Å². The van der Waals surface area contributed by atoms with Crippen LogP contribution in [-0.4, -0.2) is 5.11 Å². The molecule has 0 fully saturated rings. The lowest BCUT2D eigenvalue weighted by Crippen LogP contribution is -2.06. The molecule has 96 valence electrons. The fourth-order valence-corrected chi connectivity index (χ4v) is 2.11. The van der Waals surface area contributed by atoms with Gasteiger partial charge in [-0.2, -0.15) is 0 Å². The van der Waals surface area contributed by atoms with Crippen LogP contribution in [0.2, 0.25) is 0 Å². The normalized spacial score (nSPS) is 12.4. The first-order valence-electron chi connectivity index (χ1n) is 6.10. The summed E-state index contributed by atoms with van der Waals surface area (Å²) in [6.45, 7) is 7.87. The van der Waals surface area contributed by atoms with Crippen molar-refractivity contribution in [3.8, 4) is 5.75 Å². The summed E-state index contributed by atoms with van der Waals surface area (Å²) in [4.78, 5) is 0. The second kappa shape index (κ2) is 4.77. The first-order valence-corrected chi connectivity index (χ1v) is 6.10. The van der Waals surface area contributed by atoms with Gasteiger partial charge in [-0.3, -0.25) is 0 Å². The Morgan fingerprint density at radius 3 is 2.44 bits per heavy atom. The quantitative estimate of drug-likeness (QED) is 0.856. The summed E-state index contributed by atoms with van der Waals surface area (Å²) < 4.78 is 5.53. The van der Waals surface area contributed by atoms with Gasteiger partial charge < -0.3 is 14.8 Å². The third kappa shape index (κ3) is 2.50. The number of anilines is 1. The van der Waals surface area contributed by atoms with E-state index in [1.165, 1.54) is 0 Å². The van der Waals surface area contributed by atoms with Crippen LogP contribution in [0.25, 0.3) is 0 Å². The molecule has 0 aliphatic heterocycles. The monoisotopic (exact) mass is 245 g/mol. The van der Waals surface area contributed by atoms with E-state index in [0.29, 0.717) is 5.75 Å². The molecular weight excluding hydrogens is 226 g/mol. The second-order valence-corrected chi connectivity index (χ2v) is 4.74. The van der Waals surface area contributed by atoms with Gasteiger partial charge in [-0.25, -0.2) is 0 Å². The predicted molar refractivity (Wildman–Crippen MR) is 73.1 cm³/mol. The fraction of sp³-hybridized carbons (Fsp3) is 0.333. The maximum atomic E-state index is 9.68. The first kappa shape index (κ1) is 12.6. The molecule has 0 spiro atoms. The van der Waals surface area contributed by atoms with Crippen molar-refractivity contribution in [2.24, 2.45) is 0 Å². The molecule has 1 unspecified atom stereocenters. The molecule has 0 saturated carbocycles. The van der Waals surface area contributed by atoms with Gasteiger partial charge in [0, 0.05) is 17.3 Å².